The van der Waals surface area contributed by atoms with E-state index in [-0.39, 0.29) is 23.8 Å². The molecule has 0 aliphatic carbocycles. The maximum atomic E-state index is 13.2. The maximum absolute atomic E-state index is 13.2. The lowest BCUT2D eigenvalue weighted by molar-refractivity contribution is -0.119. The van der Waals surface area contributed by atoms with Crippen molar-refractivity contribution in [3.8, 4) is 23.0 Å². The second kappa shape index (κ2) is 12.1. The minimum absolute atomic E-state index is 0.0782. The van der Waals surface area contributed by atoms with Crippen molar-refractivity contribution in [3.63, 3.8) is 0 Å². The van der Waals surface area contributed by atoms with Crippen molar-refractivity contribution in [2.45, 2.75) is 44.2 Å². The molecule has 0 bridgehead atoms. The largest absolute Gasteiger partial charge is 0.493 e. The second-order valence-corrected chi connectivity index (χ2v) is 11.5. The molecule has 2 unspecified atom stereocenters. The fourth-order valence-corrected chi connectivity index (χ4v) is 6.08. The Morgan fingerprint density at radius 2 is 1.41 bits per heavy atom. The number of benzene rings is 2. The molecule has 2 fully saturated rings. The van der Waals surface area contributed by atoms with Crippen LogP contribution in [-0.4, -0.2) is 86.3 Å². The lowest BCUT2D eigenvalue weighted by Gasteiger charge is -2.20. The van der Waals surface area contributed by atoms with Crippen molar-refractivity contribution < 1.29 is 33.3 Å². The van der Waals surface area contributed by atoms with E-state index < -0.39 is 6.04 Å². The van der Waals surface area contributed by atoms with Crippen LogP contribution in [0.15, 0.2) is 53.6 Å². The van der Waals surface area contributed by atoms with Gasteiger partial charge in [0, 0.05) is 31.4 Å². The summed E-state index contributed by atoms with van der Waals surface area (Å²) in [6.45, 7) is 9.72. The normalized spacial score (nSPS) is 20.4. The van der Waals surface area contributed by atoms with Gasteiger partial charge in [-0.3, -0.25) is 19.4 Å². The minimum atomic E-state index is -0.556. The van der Waals surface area contributed by atoms with E-state index >= 15 is 0 Å². The van der Waals surface area contributed by atoms with Gasteiger partial charge in [0.05, 0.1) is 56.0 Å². The average molecular weight is 601 g/mol. The topological polar surface area (TPSA) is 119 Å². The molecule has 6 rings (SSSR count). The number of unbranched alkanes of at least 4 members (excludes halogenated alkanes) is 2. The third kappa shape index (κ3) is 5.49. The van der Waals surface area contributed by atoms with E-state index in [1.165, 1.54) is 7.11 Å². The van der Waals surface area contributed by atoms with Crippen molar-refractivity contribution in [1.29, 1.82) is 0 Å². The van der Waals surface area contributed by atoms with Gasteiger partial charge >= 0.3 is 0 Å². The molecule has 1 N–H and O–H groups in total. The summed E-state index contributed by atoms with van der Waals surface area (Å²) >= 11 is 0. The smallest absolute Gasteiger partial charge is 0.257 e. The van der Waals surface area contributed by atoms with E-state index in [0.29, 0.717) is 78.2 Å². The molecule has 2 atom stereocenters. The molecule has 0 saturated carbocycles. The van der Waals surface area contributed by atoms with Gasteiger partial charge in [0.25, 0.3) is 11.8 Å². The first-order chi connectivity index (χ1) is 21.3. The molecule has 11 heteroatoms. The molecule has 4 aliphatic heterocycles. The highest BCUT2D eigenvalue weighted by molar-refractivity contribution is 6.11. The first-order valence-electron chi connectivity index (χ1n) is 14.8. The molecule has 2 aromatic rings. The van der Waals surface area contributed by atoms with Crippen LogP contribution in [0.3, 0.4) is 0 Å². The van der Waals surface area contributed by atoms with Gasteiger partial charge < -0.3 is 34.1 Å². The van der Waals surface area contributed by atoms with E-state index in [2.05, 4.69) is 23.5 Å². The highest BCUT2D eigenvalue weighted by Crippen LogP contribution is 2.40. The number of rotatable bonds is 10. The second-order valence-electron chi connectivity index (χ2n) is 11.5. The van der Waals surface area contributed by atoms with Crippen LogP contribution in [0.1, 0.15) is 52.8 Å². The molecule has 4 aliphatic rings. The third-order valence-electron chi connectivity index (χ3n) is 8.36. The Balaban J connectivity index is 1.03. The van der Waals surface area contributed by atoms with Crippen LogP contribution in [0.5, 0.6) is 23.0 Å². The fraction of sp³-hybridized carbons (Fsp3) is 0.394. The molecule has 44 heavy (non-hydrogen) atoms. The van der Waals surface area contributed by atoms with Gasteiger partial charge in [0.1, 0.15) is 6.04 Å². The number of hydrogen-bond acceptors (Lipinski definition) is 8. The van der Waals surface area contributed by atoms with Crippen LogP contribution in [-0.2, 0) is 4.79 Å². The fourth-order valence-electron chi connectivity index (χ4n) is 6.08. The first kappa shape index (κ1) is 29.3. The van der Waals surface area contributed by atoms with Crippen LogP contribution in [0.25, 0.3) is 0 Å². The van der Waals surface area contributed by atoms with Crippen molar-refractivity contribution in [2.24, 2.45) is 4.99 Å². The number of aliphatic imine (C=N–C) groups is 1. The van der Waals surface area contributed by atoms with Crippen molar-refractivity contribution >= 4 is 35.3 Å². The Morgan fingerprint density at radius 1 is 0.795 bits per heavy atom. The van der Waals surface area contributed by atoms with Gasteiger partial charge in [-0.05, 0) is 44.2 Å². The van der Waals surface area contributed by atoms with E-state index in [1.807, 2.05) is 6.21 Å². The number of ether oxygens (including phenoxy) is 4. The zero-order valence-corrected chi connectivity index (χ0v) is 25.0. The molecular formula is C33H36N4O7. The number of carbonyl (C=O) groups excluding carboxylic acids is 3. The number of amides is 3. The molecule has 2 saturated heterocycles. The van der Waals surface area contributed by atoms with Gasteiger partial charge in [0.2, 0.25) is 5.91 Å². The number of anilines is 1. The Kier molecular flexibility index (Phi) is 8.03. The molecular weight excluding hydrogens is 564 g/mol. The zero-order chi connectivity index (χ0) is 31.0. The van der Waals surface area contributed by atoms with Gasteiger partial charge in [0.15, 0.2) is 23.0 Å². The van der Waals surface area contributed by atoms with Gasteiger partial charge in [-0.2, -0.15) is 0 Å². The molecule has 0 spiro atoms. The van der Waals surface area contributed by atoms with E-state index in [4.69, 9.17) is 18.9 Å². The SMILES string of the molecule is C=C1CC2C=Nc3cc(OCCCCCOc4cc5c(cc4OC)C(=O)N4CC(=C)CC4C(=O)N5)c(OC)cc3C(=O)N2C1. The minimum Gasteiger partial charge on any atom is -0.493 e. The molecule has 11 nitrogen and oxygen atoms in total. The Morgan fingerprint density at radius 3 is 2.11 bits per heavy atom. The molecule has 4 heterocycles. The number of nitrogens with one attached hydrogen (secondary N) is 1. The van der Waals surface area contributed by atoms with Gasteiger partial charge in [-0.15, -0.1) is 0 Å². The molecule has 0 radical (unpaired) electrons. The van der Waals surface area contributed by atoms with Crippen LogP contribution in [0.2, 0.25) is 0 Å². The van der Waals surface area contributed by atoms with Crippen molar-refractivity contribution in [3.05, 3.63) is 59.7 Å². The quantitative estimate of drug-likeness (QED) is 0.314. The van der Waals surface area contributed by atoms with E-state index in [1.54, 1.807) is 41.2 Å². The maximum Gasteiger partial charge on any atom is 0.257 e. The number of methoxy groups -OCH3 is 2. The summed E-state index contributed by atoms with van der Waals surface area (Å²) < 4.78 is 23.1. The summed E-state index contributed by atoms with van der Waals surface area (Å²) in [4.78, 5) is 47.1. The number of carbonyl (C=O) groups is 3. The highest BCUT2D eigenvalue weighted by atomic mass is 16.5. The van der Waals surface area contributed by atoms with E-state index in [0.717, 1.165) is 36.8 Å². The van der Waals surface area contributed by atoms with Gasteiger partial charge in [-0.1, -0.05) is 24.3 Å². The van der Waals surface area contributed by atoms with Crippen LogP contribution in [0, 0.1) is 0 Å². The molecule has 3 amide bonds. The van der Waals surface area contributed by atoms with Gasteiger partial charge in [-0.25, -0.2) is 0 Å². The summed E-state index contributed by atoms with van der Waals surface area (Å²) in [6, 6.07) is 6.10. The standard InChI is InChI=1S/C33H36N4O7/c1-19-10-21-16-34-24-14-29(27(41-3)12-22(24)32(39)36(21)17-19)43-8-6-5-7-9-44-30-15-25-23(13-28(30)42-4)33(40)37-18-20(2)11-26(37)31(38)35-25/h12-16,21,26H,1-2,5-11,17-18H2,3-4H3,(H,35,38). The number of hydrogen-bond donors (Lipinski definition) is 1. The molecule has 0 aromatic heterocycles. The van der Waals surface area contributed by atoms with E-state index in [9.17, 15) is 14.4 Å². The lowest BCUT2D eigenvalue weighted by atomic mass is 10.1. The Labute approximate surface area is 256 Å². The Bertz CT molecular complexity index is 1580. The summed E-state index contributed by atoms with van der Waals surface area (Å²) in [6.07, 6.45) is 5.32. The number of nitrogens with zero attached hydrogens (tertiary/aromatic N) is 3. The zero-order valence-electron chi connectivity index (χ0n) is 25.0. The van der Waals surface area contributed by atoms with Crippen molar-refractivity contribution in [2.75, 3.05) is 45.8 Å². The Hall–Kier alpha value is -4.80. The highest BCUT2D eigenvalue weighted by Gasteiger charge is 2.40. The predicted octanol–water partition coefficient (Wildman–Crippen LogP) is 4.54. The summed E-state index contributed by atoms with van der Waals surface area (Å²) in [5.41, 5.74) is 3.71. The average Bonchev–Trinajstić information content (AvgIpc) is 3.55. The first-order valence-corrected chi connectivity index (χ1v) is 14.8. The monoisotopic (exact) mass is 600 g/mol. The summed E-state index contributed by atoms with van der Waals surface area (Å²) in [7, 11) is 3.07. The molecule has 2 aromatic carbocycles. The van der Waals surface area contributed by atoms with Crippen LogP contribution < -0.4 is 24.3 Å². The summed E-state index contributed by atoms with van der Waals surface area (Å²) in [5.74, 6) is 1.35. The number of fused-ring (bicyclic) bond motifs is 4. The molecule has 230 valence electrons. The van der Waals surface area contributed by atoms with Crippen LogP contribution in [0.4, 0.5) is 11.4 Å². The third-order valence-corrected chi connectivity index (χ3v) is 8.36. The predicted molar refractivity (Wildman–Crippen MR) is 165 cm³/mol. The van der Waals surface area contributed by atoms with Crippen molar-refractivity contribution in [1.82, 2.24) is 9.80 Å². The van der Waals surface area contributed by atoms with Crippen LogP contribution >= 0.6 is 0 Å². The summed E-state index contributed by atoms with van der Waals surface area (Å²) in [5, 5.41) is 2.88. The lowest BCUT2D eigenvalue weighted by Crippen LogP contribution is -2.40.